The summed E-state index contributed by atoms with van der Waals surface area (Å²) >= 11 is 0. The van der Waals surface area contributed by atoms with Gasteiger partial charge < -0.3 is 21.6 Å². The average molecular weight is 350 g/mol. The zero-order valence-corrected chi connectivity index (χ0v) is 15.2. The van der Waals surface area contributed by atoms with Crippen LogP contribution in [0.4, 0.5) is 0 Å². The van der Waals surface area contributed by atoms with Crippen molar-refractivity contribution in [2.75, 3.05) is 20.2 Å². The van der Waals surface area contributed by atoms with E-state index in [4.69, 9.17) is 16.3 Å². The molecule has 1 saturated carbocycles. The number of piperidine rings is 1. The van der Waals surface area contributed by atoms with E-state index in [-0.39, 0.29) is 0 Å². The van der Waals surface area contributed by atoms with Gasteiger partial charge in [-0.05, 0) is 66.9 Å². The second-order valence-electron chi connectivity index (χ2n) is 7.42. The molecule has 2 aromatic carbocycles. The van der Waals surface area contributed by atoms with E-state index in [2.05, 4.69) is 34.7 Å². The molecule has 1 aliphatic heterocycles. The van der Waals surface area contributed by atoms with E-state index in [1.165, 1.54) is 24.8 Å². The Balaban J connectivity index is 1.57. The Morgan fingerprint density at radius 3 is 2.54 bits per heavy atom. The molecule has 1 aliphatic carbocycles. The summed E-state index contributed by atoms with van der Waals surface area (Å²) in [6.07, 6.45) is 3.95. The number of ether oxygens (including phenoxy) is 1. The molecule has 136 valence electrons. The third kappa shape index (κ3) is 2.92. The highest BCUT2D eigenvalue weighted by molar-refractivity contribution is 5.98. The van der Waals surface area contributed by atoms with E-state index in [9.17, 15) is 0 Å². The third-order valence-corrected chi connectivity index (χ3v) is 6.05. The first-order valence-electron chi connectivity index (χ1n) is 9.20. The highest BCUT2D eigenvalue weighted by atomic mass is 16.5. The van der Waals surface area contributed by atoms with Crippen molar-refractivity contribution in [2.24, 2.45) is 22.1 Å². The zero-order chi connectivity index (χ0) is 18.1. The van der Waals surface area contributed by atoms with E-state index >= 15 is 0 Å². The van der Waals surface area contributed by atoms with Gasteiger partial charge in [0.25, 0.3) is 0 Å². The fourth-order valence-corrected chi connectivity index (χ4v) is 4.35. The normalized spacial score (nSPS) is 21.6. The Bertz CT molecular complexity index is 822. The molecule has 5 heteroatoms. The van der Waals surface area contributed by atoms with E-state index in [1.54, 1.807) is 7.11 Å². The van der Waals surface area contributed by atoms with Crippen LogP contribution in [0.2, 0.25) is 0 Å². The lowest BCUT2D eigenvalue weighted by Crippen LogP contribution is -2.29. The predicted octanol–water partition coefficient (Wildman–Crippen LogP) is 2.80. The second-order valence-corrected chi connectivity index (χ2v) is 7.42. The van der Waals surface area contributed by atoms with E-state index in [0.717, 1.165) is 41.4 Å². The number of benzene rings is 2. The summed E-state index contributed by atoms with van der Waals surface area (Å²) in [5.41, 5.74) is 10.8. The van der Waals surface area contributed by atoms with Gasteiger partial charge in [-0.25, -0.2) is 0 Å². The number of hydrogen-bond acceptors (Lipinski definition) is 4. The minimum absolute atomic E-state index is 0.297. The van der Waals surface area contributed by atoms with Gasteiger partial charge >= 0.3 is 0 Å². The molecule has 1 unspecified atom stereocenters. The minimum atomic E-state index is 0.297. The van der Waals surface area contributed by atoms with Gasteiger partial charge in [-0.3, -0.25) is 0 Å². The fraction of sp³-hybridized carbons (Fsp3) is 0.381. The number of amidine groups is 1. The van der Waals surface area contributed by atoms with Crippen LogP contribution in [-0.2, 0) is 0 Å². The Hall–Kier alpha value is -2.53. The lowest BCUT2D eigenvalue weighted by Gasteiger charge is -2.23. The topological polar surface area (TPSA) is 85.7 Å². The summed E-state index contributed by atoms with van der Waals surface area (Å²) in [6, 6.07) is 14.7. The first kappa shape index (κ1) is 16.9. The number of nitrogens with two attached hydrogens (primary N) is 2. The molecule has 5 N–H and O–H groups in total. The molecule has 1 heterocycles. The van der Waals surface area contributed by atoms with Gasteiger partial charge in [0.2, 0.25) is 0 Å². The number of methoxy groups -OCH3 is 1. The quantitative estimate of drug-likeness (QED) is 0.343. The molecular formula is C21H26N4O. The molecule has 2 aromatic rings. The highest BCUT2D eigenvalue weighted by Crippen LogP contribution is 2.64. The van der Waals surface area contributed by atoms with Gasteiger partial charge in [0.1, 0.15) is 11.6 Å². The van der Waals surface area contributed by atoms with Gasteiger partial charge in [-0.1, -0.05) is 30.3 Å². The van der Waals surface area contributed by atoms with Gasteiger partial charge in [-0.2, -0.15) is 5.10 Å². The standard InChI is InChI=1S/C21H26N4O/c1-26-19-12-16(20(22)25-23)6-7-17(19)14-2-4-15(5-3-14)18-13-21(18)8-10-24-11-9-21/h2-7,12,18,24H,8-11,13,23H2,1H3,(H2,22,25). The lowest BCUT2D eigenvalue weighted by molar-refractivity contribution is 0.342. The lowest BCUT2D eigenvalue weighted by atomic mass is 9.89. The first-order chi connectivity index (χ1) is 12.7. The zero-order valence-electron chi connectivity index (χ0n) is 15.2. The number of nitrogens with zero attached hydrogens (tertiary/aromatic N) is 1. The summed E-state index contributed by atoms with van der Waals surface area (Å²) in [6.45, 7) is 2.32. The Kier molecular flexibility index (Phi) is 4.32. The molecule has 2 aliphatic rings. The molecule has 26 heavy (non-hydrogen) atoms. The molecular weight excluding hydrogens is 324 g/mol. The molecule has 1 atom stereocenters. The summed E-state index contributed by atoms with van der Waals surface area (Å²) < 4.78 is 5.56. The molecule has 1 saturated heterocycles. The largest absolute Gasteiger partial charge is 0.496 e. The van der Waals surface area contributed by atoms with Crippen molar-refractivity contribution in [1.82, 2.24) is 5.32 Å². The van der Waals surface area contributed by atoms with Crippen molar-refractivity contribution in [1.29, 1.82) is 0 Å². The van der Waals surface area contributed by atoms with Crippen molar-refractivity contribution in [3.8, 4) is 16.9 Å². The van der Waals surface area contributed by atoms with Crippen LogP contribution in [0, 0.1) is 5.41 Å². The Labute approximate surface area is 154 Å². The van der Waals surface area contributed by atoms with Crippen LogP contribution < -0.4 is 21.6 Å². The number of nitrogens with one attached hydrogen (secondary N) is 1. The number of hydrazone groups is 1. The van der Waals surface area contributed by atoms with Crippen molar-refractivity contribution in [3.05, 3.63) is 53.6 Å². The van der Waals surface area contributed by atoms with E-state index in [0.29, 0.717) is 11.3 Å². The molecule has 0 bridgehead atoms. The van der Waals surface area contributed by atoms with E-state index in [1.807, 2.05) is 18.2 Å². The molecule has 5 nitrogen and oxygen atoms in total. The average Bonchev–Trinajstić information content (AvgIpc) is 3.40. The molecule has 2 fully saturated rings. The van der Waals surface area contributed by atoms with Gasteiger partial charge in [0, 0.05) is 11.1 Å². The Morgan fingerprint density at radius 2 is 1.88 bits per heavy atom. The van der Waals surface area contributed by atoms with Gasteiger partial charge in [-0.15, -0.1) is 0 Å². The Morgan fingerprint density at radius 1 is 1.15 bits per heavy atom. The van der Waals surface area contributed by atoms with Crippen molar-refractivity contribution in [2.45, 2.75) is 25.2 Å². The molecule has 0 aromatic heterocycles. The van der Waals surface area contributed by atoms with Crippen molar-refractivity contribution in [3.63, 3.8) is 0 Å². The predicted molar refractivity (Wildman–Crippen MR) is 105 cm³/mol. The summed E-state index contributed by atoms with van der Waals surface area (Å²) in [7, 11) is 1.66. The summed E-state index contributed by atoms with van der Waals surface area (Å²) in [5, 5.41) is 7.02. The molecule has 0 amide bonds. The minimum Gasteiger partial charge on any atom is -0.496 e. The van der Waals surface area contributed by atoms with Crippen LogP contribution in [0.1, 0.15) is 36.3 Å². The van der Waals surface area contributed by atoms with Crippen LogP contribution in [-0.4, -0.2) is 26.0 Å². The van der Waals surface area contributed by atoms with E-state index < -0.39 is 0 Å². The maximum atomic E-state index is 5.80. The number of hydrogen-bond donors (Lipinski definition) is 3. The smallest absolute Gasteiger partial charge is 0.150 e. The molecule has 0 radical (unpaired) electrons. The SMILES string of the molecule is COc1cc(/C(N)=N/N)ccc1-c1ccc(C2CC23CCNCC3)cc1. The number of rotatable bonds is 4. The van der Waals surface area contributed by atoms with Crippen LogP contribution in [0.3, 0.4) is 0 Å². The third-order valence-electron chi connectivity index (χ3n) is 6.05. The summed E-state index contributed by atoms with van der Waals surface area (Å²) in [4.78, 5) is 0. The van der Waals surface area contributed by atoms with Gasteiger partial charge in [0.05, 0.1) is 7.11 Å². The van der Waals surface area contributed by atoms with Crippen LogP contribution in [0.25, 0.3) is 11.1 Å². The van der Waals surface area contributed by atoms with Gasteiger partial charge in [0.15, 0.2) is 0 Å². The maximum Gasteiger partial charge on any atom is 0.150 e. The highest BCUT2D eigenvalue weighted by Gasteiger charge is 2.54. The van der Waals surface area contributed by atoms with Crippen molar-refractivity contribution < 1.29 is 4.74 Å². The monoisotopic (exact) mass is 350 g/mol. The fourth-order valence-electron chi connectivity index (χ4n) is 4.35. The van der Waals surface area contributed by atoms with Crippen LogP contribution in [0.5, 0.6) is 5.75 Å². The van der Waals surface area contributed by atoms with Crippen LogP contribution in [0.15, 0.2) is 47.6 Å². The van der Waals surface area contributed by atoms with Crippen molar-refractivity contribution >= 4 is 5.84 Å². The maximum absolute atomic E-state index is 5.80. The molecule has 4 rings (SSSR count). The summed E-state index contributed by atoms with van der Waals surface area (Å²) in [5.74, 6) is 7.06. The first-order valence-corrected chi connectivity index (χ1v) is 9.20. The molecule has 1 spiro atoms. The van der Waals surface area contributed by atoms with Crippen LogP contribution >= 0.6 is 0 Å². The second kappa shape index (κ2) is 6.65.